The number of halogens is 1. The van der Waals surface area contributed by atoms with Crippen LogP contribution in [0.3, 0.4) is 0 Å². The highest BCUT2D eigenvalue weighted by Crippen LogP contribution is 2.27. The lowest BCUT2D eigenvalue weighted by atomic mass is 9.91. The van der Waals surface area contributed by atoms with Gasteiger partial charge in [-0.05, 0) is 29.1 Å². The lowest BCUT2D eigenvalue weighted by Crippen LogP contribution is -2.16. The van der Waals surface area contributed by atoms with Crippen LogP contribution >= 0.6 is 27.3 Å². The molecular weight excluding hydrogens is 328 g/mol. The topological polar surface area (TPSA) is 54.4 Å². The van der Waals surface area contributed by atoms with E-state index in [9.17, 15) is 9.59 Å². The van der Waals surface area contributed by atoms with Gasteiger partial charge in [0.05, 0.1) is 17.2 Å². The Bertz CT molecular complexity index is 575. The third-order valence-corrected chi connectivity index (χ3v) is 4.14. The number of hydrogen-bond acceptors (Lipinski definition) is 3. The molecule has 2 aromatic rings. The normalized spacial score (nSPS) is 12.1. The molecule has 1 aromatic heterocycles. The molecule has 0 spiro atoms. The average Bonchev–Trinajstić information content (AvgIpc) is 2.90. The van der Waals surface area contributed by atoms with Gasteiger partial charge in [0.1, 0.15) is 0 Å². The first kappa shape index (κ1) is 14.0. The second-order valence-corrected chi connectivity index (χ2v) is 5.91. The van der Waals surface area contributed by atoms with Crippen molar-refractivity contribution in [1.29, 1.82) is 0 Å². The van der Waals surface area contributed by atoms with Gasteiger partial charge in [0.2, 0.25) is 0 Å². The fourth-order valence-corrected chi connectivity index (χ4v) is 2.81. The summed E-state index contributed by atoms with van der Waals surface area (Å²) >= 11 is 4.65. The number of carbonyl (C=O) groups excluding carboxylic acids is 1. The van der Waals surface area contributed by atoms with E-state index < -0.39 is 11.9 Å². The van der Waals surface area contributed by atoms with Crippen LogP contribution in [0, 0.1) is 0 Å². The van der Waals surface area contributed by atoms with E-state index >= 15 is 0 Å². The van der Waals surface area contributed by atoms with Crippen molar-refractivity contribution in [2.24, 2.45) is 0 Å². The molecule has 5 heteroatoms. The van der Waals surface area contributed by atoms with Gasteiger partial charge in [-0.3, -0.25) is 9.59 Å². The molecule has 0 aliphatic heterocycles. The fraction of sp³-hybridized carbons (Fsp3) is 0.143. The highest BCUT2D eigenvalue weighted by atomic mass is 79.9. The molecule has 0 saturated carbocycles. The van der Waals surface area contributed by atoms with Crippen molar-refractivity contribution < 1.29 is 14.7 Å². The molecule has 2 rings (SSSR count). The van der Waals surface area contributed by atoms with Crippen LogP contribution in [0.5, 0.6) is 0 Å². The summed E-state index contributed by atoms with van der Waals surface area (Å²) in [5, 5.41) is 10.8. The molecule has 0 radical (unpaired) electrons. The summed E-state index contributed by atoms with van der Waals surface area (Å²) < 4.78 is 0.897. The molecular formula is C14H11BrO3S. The zero-order chi connectivity index (χ0) is 13.8. The van der Waals surface area contributed by atoms with Crippen molar-refractivity contribution in [2.45, 2.75) is 12.3 Å². The van der Waals surface area contributed by atoms with Gasteiger partial charge in [-0.1, -0.05) is 34.1 Å². The standard InChI is InChI=1S/C14H11BrO3S/c15-10-5-3-9(4-6-10)11(8-13(16)17)14(18)12-2-1-7-19-12/h1-7,11H,8H2,(H,16,17). The summed E-state index contributed by atoms with van der Waals surface area (Å²) in [5.74, 6) is -1.75. The van der Waals surface area contributed by atoms with E-state index in [1.807, 2.05) is 17.5 Å². The van der Waals surface area contributed by atoms with Gasteiger partial charge in [0.15, 0.2) is 5.78 Å². The highest BCUT2D eigenvalue weighted by Gasteiger charge is 2.25. The monoisotopic (exact) mass is 338 g/mol. The van der Waals surface area contributed by atoms with Crippen LogP contribution in [0.1, 0.15) is 27.6 Å². The third kappa shape index (κ3) is 3.52. The van der Waals surface area contributed by atoms with Crippen LogP contribution in [0.2, 0.25) is 0 Å². The lowest BCUT2D eigenvalue weighted by molar-refractivity contribution is -0.137. The Balaban J connectivity index is 2.33. The van der Waals surface area contributed by atoms with Crippen LogP contribution in [0.15, 0.2) is 46.3 Å². The first-order chi connectivity index (χ1) is 9.08. The SMILES string of the molecule is O=C(O)CC(C(=O)c1cccs1)c1ccc(Br)cc1. The molecule has 98 valence electrons. The number of ketones is 1. The van der Waals surface area contributed by atoms with E-state index in [4.69, 9.17) is 5.11 Å². The van der Waals surface area contributed by atoms with Crippen molar-refractivity contribution in [3.05, 3.63) is 56.7 Å². The molecule has 0 bridgehead atoms. The number of Topliss-reactive ketones (excluding diaryl/α,β-unsaturated/α-hetero) is 1. The van der Waals surface area contributed by atoms with Gasteiger partial charge >= 0.3 is 5.97 Å². The van der Waals surface area contributed by atoms with E-state index in [1.54, 1.807) is 24.3 Å². The summed E-state index contributed by atoms with van der Waals surface area (Å²) in [6.45, 7) is 0. The largest absolute Gasteiger partial charge is 0.481 e. The first-order valence-corrected chi connectivity index (χ1v) is 7.30. The van der Waals surface area contributed by atoms with Gasteiger partial charge in [0, 0.05) is 4.47 Å². The van der Waals surface area contributed by atoms with Gasteiger partial charge in [-0.15, -0.1) is 11.3 Å². The van der Waals surface area contributed by atoms with Gasteiger partial charge in [-0.2, -0.15) is 0 Å². The zero-order valence-electron chi connectivity index (χ0n) is 9.88. The predicted octanol–water partition coefficient (Wildman–Crippen LogP) is 3.95. The molecule has 1 unspecified atom stereocenters. The zero-order valence-corrected chi connectivity index (χ0v) is 12.3. The Morgan fingerprint density at radius 2 is 1.89 bits per heavy atom. The Morgan fingerprint density at radius 3 is 2.42 bits per heavy atom. The molecule has 0 amide bonds. The Kier molecular flexibility index (Phi) is 4.50. The predicted molar refractivity (Wildman–Crippen MR) is 77.8 cm³/mol. The third-order valence-electron chi connectivity index (χ3n) is 2.73. The molecule has 0 fully saturated rings. The molecule has 3 nitrogen and oxygen atoms in total. The quantitative estimate of drug-likeness (QED) is 0.839. The summed E-state index contributed by atoms with van der Waals surface area (Å²) in [4.78, 5) is 23.9. The van der Waals surface area contributed by atoms with E-state index in [1.165, 1.54) is 11.3 Å². The van der Waals surface area contributed by atoms with Crippen molar-refractivity contribution >= 4 is 39.0 Å². The summed E-state index contributed by atoms with van der Waals surface area (Å²) in [6.07, 6.45) is -0.196. The smallest absolute Gasteiger partial charge is 0.304 e. The number of carboxylic acids is 1. The number of aliphatic carboxylic acids is 1. The van der Waals surface area contributed by atoms with Gasteiger partial charge in [0.25, 0.3) is 0 Å². The molecule has 0 aliphatic rings. The van der Waals surface area contributed by atoms with E-state index in [0.717, 1.165) is 10.0 Å². The number of carboxylic acid groups (broad SMARTS) is 1. The minimum Gasteiger partial charge on any atom is -0.481 e. The Hall–Kier alpha value is -1.46. The second-order valence-electron chi connectivity index (χ2n) is 4.04. The summed E-state index contributed by atoms with van der Waals surface area (Å²) in [6, 6.07) is 10.7. The second kappa shape index (κ2) is 6.12. The lowest BCUT2D eigenvalue weighted by Gasteiger charge is -2.13. The van der Waals surface area contributed by atoms with Crippen LogP contribution in [-0.4, -0.2) is 16.9 Å². The number of rotatable bonds is 5. The molecule has 19 heavy (non-hydrogen) atoms. The number of carbonyl (C=O) groups is 2. The van der Waals surface area contributed by atoms with Crippen LogP contribution in [-0.2, 0) is 4.79 Å². The summed E-state index contributed by atoms with van der Waals surface area (Å²) in [5.41, 5.74) is 0.726. The molecule has 0 saturated heterocycles. The van der Waals surface area contributed by atoms with Crippen molar-refractivity contribution in [1.82, 2.24) is 0 Å². The maximum Gasteiger partial charge on any atom is 0.304 e. The van der Waals surface area contributed by atoms with Crippen LogP contribution < -0.4 is 0 Å². The average molecular weight is 339 g/mol. The maximum atomic E-state index is 12.4. The van der Waals surface area contributed by atoms with Crippen LogP contribution in [0.25, 0.3) is 0 Å². The highest BCUT2D eigenvalue weighted by molar-refractivity contribution is 9.10. The minimum absolute atomic E-state index is 0.139. The molecule has 1 N–H and O–H groups in total. The molecule has 0 aliphatic carbocycles. The van der Waals surface area contributed by atoms with Crippen LogP contribution in [0.4, 0.5) is 0 Å². The van der Waals surface area contributed by atoms with Crippen molar-refractivity contribution in [2.75, 3.05) is 0 Å². The molecule has 1 heterocycles. The Labute approximate surface area is 123 Å². The van der Waals surface area contributed by atoms with E-state index in [-0.39, 0.29) is 12.2 Å². The molecule has 1 aromatic carbocycles. The van der Waals surface area contributed by atoms with Crippen molar-refractivity contribution in [3.63, 3.8) is 0 Å². The fourth-order valence-electron chi connectivity index (χ4n) is 1.82. The maximum absolute atomic E-state index is 12.4. The first-order valence-electron chi connectivity index (χ1n) is 5.63. The molecule has 1 atom stereocenters. The number of benzene rings is 1. The van der Waals surface area contributed by atoms with E-state index in [0.29, 0.717) is 4.88 Å². The van der Waals surface area contributed by atoms with E-state index in [2.05, 4.69) is 15.9 Å². The van der Waals surface area contributed by atoms with Gasteiger partial charge in [-0.25, -0.2) is 0 Å². The number of thiophene rings is 1. The summed E-state index contributed by atoms with van der Waals surface area (Å²) in [7, 11) is 0. The minimum atomic E-state index is -0.974. The van der Waals surface area contributed by atoms with Gasteiger partial charge < -0.3 is 5.11 Å². The Morgan fingerprint density at radius 1 is 1.21 bits per heavy atom. The van der Waals surface area contributed by atoms with Crippen molar-refractivity contribution in [3.8, 4) is 0 Å². The number of hydrogen-bond donors (Lipinski definition) is 1.